The van der Waals surface area contributed by atoms with Crippen LogP contribution in [0.2, 0.25) is 5.15 Å². The van der Waals surface area contributed by atoms with Crippen LogP contribution in [-0.4, -0.2) is 20.8 Å². The summed E-state index contributed by atoms with van der Waals surface area (Å²) < 4.78 is 1.76. The first kappa shape index (κ1) is 8.56. The summed E-state index contributed by atoms with van der Waals surface area (Å²) in [6.07, 6.45) is 1.76. The molecular formula is C7H11ClN2O. The normalized spacial score (nSPS) is 13.5. The van der Waals surface area contributed by atoms with Gasteiger partial charge in [-0.15, -0.1) is 0 Å². The Morgan fingerprint density at radius 3 is 2.82 bits per heavy atom. The zero-order valence-electron chi connectivity index (χ0n) is 6.58. The minimum atomic E-state index is -0.368. The van der Waals surface area contributed by atoms with Gasteiger partial charge in [0, 0.05) is 13.5 Å². The first-order chi connectivity index (χ1) is 5.11. The predicted octanol–water partition coefficient (Wildman–Crippen LogP) is 0.997. The molecule has 0 radical (unpaired) electrons. The molecule has 0 aliphatic heterocycles. The molecule has 3 nitrogen and oxygen atoms in total. The first-order valence-corrected chi connectivity index (χ1v) is 3.83. The number of aromatic nitrogens is 2. The highest BCUT2D eigenvalue weighted by atomic mass is 35.5. The van der Waals surface area contributed by atoms with Gasteiger partial charge in [0.1, 0.15) is 11.0 Å². The van der Waals surface area contributed by atoms with Crippen molar-refractivity contribution in [3.05, 3.63) is 17.2 Å². The summed E-state index contributed by atoms with van der Waals surface area (Å²) in [7, 11) is 1.83. The van der Waals surface area contributed by atoms with Gasteiger partial charge >= 0.3 is 0 Å². The van der Waals surface area contributed by atoms with Crippen molar-refractivity contribution in [3.8, 4) is 0 Å². The Morgan fingerprint density at radius 1 is 1.82 bits per heavy atom. The molecule has 1 rings (SSSR count). The van der Waals surface area contributed by atoms with Crippen LogP contribution in [0.4, 0.5) is 0 Å². The van der Waals surface area contributed by atoms with Gasteiger partial charge in [-0.25, -0.2) is 4.98 Å². The highest BCUT2D eigenvalue weighted by Crippen LogP contribution is 2.10. The summed E-state index contributed by atoms with van der Waals surface area (Å²) in [6, 6.07) is 0. The van der Waals surface area contributed by atoms with Gasteiger partial charge in [0.15, 0.2) is 0 Å². The fraction of sp³-hybridized carbons (Fsp3) is 0.571. The Labute approximate surface area is 70.6 Å². The van der Waals surface area contributed by atoms with E-state index in [9.17, 15) is 0 Å². The molecule has 1 N–H and O–H groups in total. The van der Waals surface area contributed by atoms with E-state index in [1.807, 2.05) is 7.05 Å². The van der Waals surface area contributed by atoms with Gasteiger partial charge in [-0.1, -0.05) is 11.6 Å². The Morgan fingerprint density at radius 2 is 2.45 bits per heavy atom. The summed E-state index contributed by atoms with van der Waals surface area (Å²) in [4.78, 5) is 4.03. The van der Waals surface area contributed by atoms with E-state index in [1.165, 1.54) is 0 Å². The van der Waals surface area contributed by atoms with E-state index in [1.54, 1.807) is 17.7 Å². The van der Waals surface area contributed by atoms with Gasteiger partial charge < -0.3 is 9.67 Å². The first-order valence-electron chi connectivity index (χ1n) is 3.45. The number of aliphatic hydroxyl groups is 1. The molecule has 0 aliphatic carbocycles. The van der Waals surface area contributed by atoms with E-state index in [0.717, 1.165) is 5.82 Å². The molecule has 0 saturated heterocycles. The summed E-state index contributed by atoms with van der Waals surface area (Å²) >= 11 is 5.73. The molecule has 1 heterocycles. The fourth-order valence-electron chi connectivity index (χ4n) is 0.878. The third-order valence-electron chi connectivity index (χ3n) is 1.51. The molecule has 0 fully saturated rings. The van der Waals surface area contributed by atoms with Crippen LogP contribution in [0, 0.1) is 0 Å². The maximum absolute atomic E-state index is 9.04. The quantitative estimate of drug-likeness (QED) is 0.727. The highest BCUT2D eigenvalue weighted by molar-refractivity contribution is 6.29. The zero-order chi connectivity index (χ0) is 8.43. The fourth-order valence-corrected chi connectivity index (χ4v) is 1.02. The van der Waals surface area contributed by atoms with Crippen LogP contribution in [0.25, 0.3) is 0 Å². The van der Waals surface area contributed by atoms with Crippen LogP contribution in [0.5, 0.6) is 0 Å². The lowest BCUT2D eigenvalue weighted by Gasteiger charge is -2.03. The van der Waals surface area contributed by atoms with E-state index in [-0.39, 0.29) is 6.10 Å². The molecule has 11 heavy (non-hydrogen) atoms. The largest absolute Gasteiger partial charge is 0.393 e. The molecule has 0 aromatic carbocycles. The highest BCUT2D eigenvalue weighted by Gasteiger charge is 2.06. The molecule has 1 unspecified atom stereocenters. The molecule has 0 saturated carbocycles. The van der Waals surface area contributed by atoms with Gasteiger partial charge in [-0.05, 0) is 6.92 Å². The molecule has 1 atom stereocenters. The third-order valence-corrected chi connectivity index (χ3v) is 1.86. The standard InChI is InChI=1S/C7H11ClN2O/c1-5(11)3-7-9-4-6(8)10(7)2/h4-5,11H,3H2,1-2H3. The number of imidazole rings is 1. The zero-order valence-corrected chi connectivity index (χ0v) is 7.34. The monoisotopic (exact) mass is 174 g/mol. The van der Waals surface area contributed by atoms with Crippen molar-refractivity contribution in [3.63, 3.8) is 0 Å². The lowest BCUT2D eigenvalue weighted by Crippen LogP contribution is -2.09. The minimum absolute atomic E-state index is 0.368. The van der Waals surface area contributed by atoms with Crippen molar-refractivity contribution >= 4 is 11.6 Å². The van der Waals surface area contributed by atoms with Gasteiger partial charge in [0.2, 0.25) is 0 Å². The minimum Gasteiger partial charge on any atom is -0.393 e. The summed E-state index contributed by atoms with van der Waals surface area (Å²) in [5.74, 6) is 0.810. The van der Waals surface area contributed by atoms with Crippen LogP contribution in [0.1, 0.15) is 12.7 Å². The SMILES string of the molecule is CC(O)Cc1ncc(Cl)n1C. The van der Waals surface area contributed by atoms with Gasteiger partial charge in [0.05, 0.1) is 12.3 Å². The van der Waals surface area contributed by atoms with Gasteiger partial charge in [-0.2, -0.15) is 0 Å². The summed E-state index contributed by atoms with van der Waals surface area (Å²) in [5.41, 5.74) is 0. The molecule has 4 heteroatoms. The maximum Gasteiger partial charge on any atom is 0.128 e. The number of rotatable bonds is 2. The molecule has 62 valence electrons. The van der Waals surface area contributed by atoms with Crippen molar-refractivity contribution in [2.45, 2.75) is 19.4 Å². The Bertz CT molecular complexity index is 245. The summed E-state index contributed by atoms with van der Waals surface area (Å²) in [5, 5.41) is 9.64. The topological polar surface area (TPSA) is 38.1 Å². The second-order valence-corrected chi connectivity index (χ2v) is 3.00. The Balaban J connectivity index is 2.79. The maximum atomic E-state index is 9.04. The van der Waals surface area contributed by atoms with Crippen molar-refractivity contribution < 1.29 is 5.11 Å². The van der Waals surface area contributed by atoms with Crippen LogP contribution in [0.15, 0.2) is 6.20 Å². The van der Waals surface area contributed by atoms with Gasteiger partial charge in [0.25, 0.3) is 0 Å². The molecule has 0 amide bonds. The number of hydrogen-bond donors (Lipinski definition) is 1. The number of hydrogen-bond acceptors (Lipinski definition) is 2. The average molecular weight is 175 g/mol. The second-order valence-electron chi connectivity index (χ2n) is 2.61. The van der Waals surface area contributed by atoms with Crippen LogP contribution >= 0.6 is 11.6 Å². The van der Waals surface area contributed by atoms with Crippen LogP contribution in [0.3, 0.4) is 0 Å². The predicted molar refractivity (Wildman–Crippen MR) is 43.6 cm³/mol. The molecule has 0 spiro atoms. The molecule has 1 aromatic heterocycles. The van der Waals surface area contributed by atoms with Crippen molar-refractivity contribution in [2.75, 3.05) is 0 Å². The molecular weight excluding hydrogens is 164 g/mol. The number of halogens is 1. The smallest absolute Gasteiger partial charge is 0.128 e. The van der Waals surface area contributed by atoms with Crippen LogP contribution in [-0.2, 0) is 13.5 Å². The van der Waals surface area contributed by atoms with E-state index in [4.69, 9.17) is 16.7 Å². The number of aliphatic hydroxyl groups excluding tert-OH is 1. The van der Waals surface area contributed by atoms with E-state index in [0.29, 0.717) is 11.6 Å². The lowest BCUT2D eigenvalue weighted by molar-refractivity contribution is 0.192. The van der Waals surface area contributed by atoms with E-state index >= 15 is 0 Å². The van der Waals surface area contributed by atoms with Crippen LogP contribution < -0.4 is 0 Å². The lowest BCUT2D eigenvalue weighted by atomic mass is 10.3. The van der Waals surface area contributed by atoms with Crippen molar-refractivity contribution in [1.82, 2.24) is 9.55 Å². The average Bonchev–Trinajstić information content (AvgIpc) is 2.18. The van der Waals surface area contributed by atoms with Gasteiger partial charge in [-0.3, -0.25) is 0 Å². The molecule has 0 bridgehead atoms. The molecule has 0 aliphatic rings. The van der Waals surface area contributed by atoms with Crippen molar-refractivity contribution in [1.29, 1.82) is 0 Å². The number of nitrogens with zero attached hydrogens (tertiary/aromatic N) is 2. The molecule has 1 aromatic rings. The second kappa shape index (κ2) is 3.24. The van der Waals surface area contributed by atoms with E-state index in [2.05, 4.69) is 4.98 Å². The van der Waals surface area contributed by atoms with E-state index < -0.39 is 0 Å². The van der Waals surface area contributed by atoms with Crippen molar-refractivity contribution in [2.24, 2.45) is 7.05 Å². The third kappa shape index (κ3) is 1.94. The Kier molecular flexibility index (Phi) is 2.52. The Hall–Kier alpha value is -0.540. The summed E-state index contributed by atoms with van der Waals surface area (Å²) in [6.45, 7) is 1.72.